The molecule has 0 bridgehead atoms. The Kier molecular flexibility index (Phi) is 2.85. The highest BCUT2D eigenvalue weighted by Crippen LogP contribution is 2.27. The van der Waals surface area contributed by atoms with Crippen LogP contribution in [0, 0.1) is 0 Å². The van der Waals surface area contributed by atoms with Crippen molar-refractivity contribution in [3.8, 4) is 0 Å². The zero-order valence-corrected chi connectivity index (χ0v) is 7.70. The van der Waals surface area contributed by atoms with Crippen LogP contribution < -0.4 is 11.3 Å². The van der Waals surface area contributed by atoms with E-state index in [1.807, 2.05) is 0 Å². The van der Waals surface area contributed by atoms with Crippen LogP contribution in [0.3, 0.4) is 0 Å². The molecule has 12 heavy (non-hydrogen) atoms. The number of carbonyl (C=O) groups excluding carboxylic acids is 1. The molecule has 66 valence electrons. The molecule has 0 fully saturated rings. The second kappa shape index (κ2) is 3.70. The number of nitrogens with two attached hydrogens (primary N) is 1. The number of anilines is 1. The summed E-state index contributed by atoms with van der Waals surface area (Å²) in [6, 6.07) is 0. The minimum absolute atomic E-state index is 0.0807. The van der Waals surface area contributed by atoms with Crippen molar-refractivity contribution in [2.24, 2.45) is 5.84 Å². The van der Waals surface area contributed by atoms with Gasteiger partial charge in [0.2, 0.25) is 0 Å². The molecule has 1 heterocycles. The third-order valence-corrected chi connectivity index (χ3v) is 2.27. The standard InChI is InChI=1S/C5H6ClN3O2S/c1-11-4(10)2-3(6)12-5(8-2)9-7/h7H2,1H3,(H,8,9). The molecule has 1 aromatic rings. The fourth-order valence-corrected chi connectivity index (χ4v) is 1.52. The fourth-order valence-electron chi connectivity index (χ4n) is 0.586. The number of methoxy groups -OCH3 is 1. The van der Waals surface area contributed by atoms with Crippen LogP contribution in [0.5, 0.6) is 0 Å². The number of esters is 1. The first-order valence-electron chi connectivity index (χ1n) is 2.90. The number of nitrogens with zero attached hydrogens (tertiary/aromatic N) is 1. The molecule has 1 rings (SSSR count). The molecule has 0 saturated carbocycles. The van der Waals surface area contributed by atoms with E-state index in [0.717, 1.165) is 11.3 Å². The molecule has 0 amide bonds. The minimum Gasteiger partial charge on any atom is -0.464 e. The molecule has 0 spiro atoms. The van der Waals surface area contributed by atoms with Gasteiger partial charge in [-0.25, -0.2) is 15.6 Å². The number of nitrogen functional groups attached to an aromatic ring is 1. The van der Waals surface area contributed by atoms with E-state index >= 15 is 0 Å². The number of rotatable bonds is 2. The highest BCUT2D eigenvalue weighted by molar-refractivity contribution is 7.19. The van der Waals surface area contributed by atoms with Crippen LogP contribution in [0.25, 0.3) is 0 Å². The number of hydrogen-bond acceptors (Lipinski definition) is 6. The van der Waals surface area contributed by atoms with Gasteiger partial charge < -0.3 is 4.74 Å². The summed E-state index contributed by atoms with van der Waals surface area (Å²) in [6.07, 6.45) is 0. The van der Waals surface area contributed by atoms with E-state index in [0.29, 0.717) is 5.13 Å². The maximum atomic E-state index is 10.9. The first-order chi connectivity index (χ1) is 5.69. The summed E-state index contributed by atoms with van der Waals surface area (Å²) in [4.78, 5) is 14.7. The Balaban J connectivity index is 2.99. The van der Waals surface area contributed by atoms with Gasteiger partial charge in [-0.1, -0.05) is 22.9 Å². The van der Waals surface area contributed by atoms with Gasteiger partial charge in [0.25, 0.3) is 0 Å². The van der Waals surface area contributed by atoms with E-state index in [1.165, 1.54) is 7.11 Å². The van der Waals surface area contributed by atoms with Crippen LogP contribution in [-0.2, 0) is 4.74 Å². The average molecular weight is 208 g/mol. The van der Waals surface area contributed by atoms with Crippen molar-refractivity contribution in [3.63, 3.8) is 0 Å². The lowest BCUT2D eigenvalue weighted by molar-refractivity contribution is 0.0595. The molecular weight excluding hydrogens is 202 g/mol. The topological polar surface area (TPSA) is 77.2 Å². The van der Waals surface area contributed by atoms with E-state index in [2.05, 4.69) is 15.1 Å². The van der Waals surface area contributed by atoms with E-state index < -0.39 is 5.97 Å². The Bertz CT molecular complexity index is 301. The number of aromatic nitrogens is 1. The highest BCUT2D eigenvalue weighted by atomic mass is 35.5. The molecule has 0 aliphatic rings. The third-order valence-electron chi connectivity index (χ3n) is 1.09. The largest absolute Gasteiger partial charge is 0.464 e. The summed E-state index contributed by atoms with van der Waals surface area (Å²) in [5.74, 6) is 4.49. The quantitative estimate of drug-likeness (QED) is 0.428. The van der Waals surface area contributed by atoms with Crippen LogP contribution in [0.1, 0.15) is 10.5 Å². The first kappa shape index (κ1) is 9.24. The molecule has 0 aliphatic heterocycles. The summed E-state index contributed by atoms with van der Waals surface area (Å²) in [5.41, 5.74) is 2.36. The number of nitrogens with one attached hydrogen (secondary N) is 1. The molecule has 0 aliphatic carbocycles. The number of thiazole rings is 1. The number of halogens is 1. The molecule has 7 heteroatoms. The lowest BCUT2D eigenvalue weighted by atomic mass is 10.5. The molecule has 5 nitrogen and oxygen atoms in total. The van der Waals surface area contributed by atoms with Crippen LogP contribution >= 0.6 is 22.9 Å². The lowest BCUT2D eigenvalue weighted by Crippen LogP contribution is -2.07. The maximum absolute atomic E-state index is 10.9. The van der Waals surface area contributed by atoms with E-state index in [1.54, 1.807) is 0 Å². The van der Waals surface area contributed by atoms with Crippen molar-refractivity contribution in [1.29, 1.82) is 0 Å². The summed E-state index contributed by atoms with van der Waals surface area (Å²) >= 11 is 6.73. The molecule has 0 atom stereocenters. The summed E-state index contributed by atoms with van der Waals surface area (Å²) in [6.45, 7) is 0. The Morgan fingerprint density at radius 2 is 2.50 bits per heavy atom. The first-order valence-corrected chi connectivity index (χ1v) is 4.09. The van der Waals surface area contributed by atoms with Crippen molar-refractivity contribution in [1.82, 2.24) is 4.98 Å². The molecular formula is C5H6ClN3O2S. The second-order valence-corrected chi connectivity index (χ2v) is 3.38. The molecule has 0 unspecified atom stereocenters. The van der Waals surface area contributed by atoms with Gasteiger partial charge >= 0.3 is 5.97 Å². The second-order valence-electron chi connectivity index (χ2n) is 1.78. The molecule has 3 N–H and O–H groups in total. The highest BCUT2D eigenvalue weighted by Gasteiger charge is 2.16. The van der Waals surface area contributed by atoms with Gasteiger partial charge in [-0.3, -0.25) is 5.43 Å². The smallest absolute Gasteiger partial charge is 0.359 e. The lowest BCUT2D eigenvalue weighted by Gasteiger charge is -1.92. The Labute approximate surface area is 77.5 Å². The van der Waals surface area contributed by atoms with Crippen LogP contribution in [0.4, 0.5) is 5.13 Å². The van der Waals surface area contributed by atoms with Gasteiger partial charge in [-0.2, -0.15) is 0 Å². The number of hydrazine groups is 1. The number of hydrogen-bond donors (Lipinski definition) is 2. The van der Waals surface area contributed by atoms with Crippen molar-refractivity contribution in [2.45, 2.75) is 0 Å². The summed E-state index contributed by atoms with van der Waals surface area (Å²) < 4.78 is 4.69. The molecule has 1 aromatic heterocycles. The van der Waals surface area contributed by atoms with Crippen molar-refractivity contribution >= 4 is 34.0 Å². The SMILES string of the molecule is COC(=O)c1nc(NN)sc1Cl. The third kappa shape index (κ3) is 1.66. The minimum atomic E-state index is -0.572. The van der Waals surface area contributed by atoms with Gasteiger partial charge in [0.1, 0.15) is 4.34 Å². The van der Waals surface area contributed by atoms with Crippen LogP contribution in [-0.4, -0.2) is 18.1 Å². The molecule has 0 saturated heterocycles. The Hall–Kier alpha value is -0.850. The molecule has 0 radical (unpaired) electrons. The summed E-state index contributed by atoms with van der Waals surface area (Å²) in [5, 5.41) is 0.375. The normalized spacial score (nSPS) is 9.58. The van der Waals surface area contributed by atoms with E-state index in [-0.39, 0.29) is 10.0 Å². The molecule has 0 aromatic carbocycles. The number of carbonyl (C=O) groups is 1. The Morgan fingerprint density at radius 1 is 1.83 bits per heavy atom. The van der Waals surface area contributed by atoms with Crippen LogP contribution in [0.15, 0.2) is 0 Å². The monoisotopic (exact) mass is 207 g/mol. The number of ether oxygens (including phenoxy) is 1. The van der Waals surface area contributed by atoms with Crippen molar-refractivity contribution in [3.05, 3.63) is 10.0 Å². The average Bonchev–Trinajstić information content (AvgIpc) is 2.45. The Morgan fingerprint density at radius 3 is 2.92 bits per heavy atom. The predicted molar refractivity (Wildman–Crippen MR) is 46.3 cm³/mol. The zero-order chi connectivity index (χ0) is 9.14. The van der Waals surface area contributed by atoms with Crippen LogP contribution in [0.2, 0.25) is 4.34 Å². The zero-order valence-electron chi connectivity index (χ0n) is 6.13. The van der Waals surface area contributed by atoms with Gasteiger partial charge in [0.05, 0.1) is 7.11 Å². The van der Waals surface area contributed by atoms with E-state index in [9.17, 15) is 4.79 Å². The van der Waals surface area contributed by atoms with Crippen molar-refractivity contribution < 1.29 is 9.53 Å². The maximum Gasteiger partial charge on any atom is 0.359 e. The predicted octanol–water partition coefficient (Wildman–Crippen LogP) is 0.869. The van der Waals surface area contributed by atoms with Gasteiger partial charge in [0, 0.05) is 0 Å². The fraction of sp³-hybridized carbons (Fsp3) is 0.200. The van der Waals surface area contributed by atoms with Gasteiger partial charge in [-0.05, 0) is 0 Å². The van der Waals surface area contributed by atoms with Gasteiger partial charge in [-0.15, -0.1) is 0 Å². The van der Waals surface area contributed by atoms with E-state index in [4.69, 9.17) is 17.4 Å². The van der Waals surface area contributed by atoms with Gasteiger partial charge in [0.15, 0.2) is 10.8 Å². The summed E-state index contributed by atoms with van der Waals surface area (Å²) in [7, 11) is 1.26. The van der Waals surface area contributed by atoms with Crippen molar-refractivity contribution in [2.75, 3.05) is 12.5 Å².